The van der Waals surface area contributed by atoms with Crippen LogP contribution in [-0.4, -0.2) is 5.97 Å². The van der Waals surface area contributed by atoms with Crippen molar-refractivity contribution >= 4 is 34.0 Å². The van der Waals surface area contributed by atoms with E-state index in [1.165, 1.54) is 6.92 Å². The van der Waals surface area contributed by atoms with Crippen LogP contribution in [0.15, 0.2) is 97.1 Å². The summed E-state index contributed by atoms with van der Waals surface area (Å²) in [6, 6.07) is 33.9. The first-order valence-corrected chi connectivity index (χ1v) is 13.4. The van der Waals surface area contributed by atoms with Crippen LogP contribution in [0.4, 0.5) is 0 Å². The fourth-order valence-electron chi connectivity index (χ4n) is 4.68. The number of hydrogen-bond acceptors (Lipinski definition) is 2. The Morgan fingerprint density at radius 2 is 0.697 bits per heavy atom. The zero-order valence-corrected chi connectivity index (χ0v) is 20.9. The van der Waals surface area contributed by atoms with E-state index in [-0.39, 0.29) is 5.97 Å². The quantitative estimate of drug-likeness (QED) is 0.370. The van der Waals surface area contributed by atoms with Gasteiger partial charge in [0.05, 0.1) is 0 Å². The number of carbonyl (C=O) groups is 1. The van der Waals surface area contributed by atoms with Gasteiger partial charge >= 0.3 is 197 Å². The van der Waals surface area contributed by atoms with E-state index in [0.29, 0.717) is 0 Å². The van der Waals surface area contributed by atoms with Crippen molar-refractivity contribution in [1.82, 2.24) is 0 Å². The van der Waals surface area contributed by atoms with Crippen LogP contribution < -0.4 is 21.2 Å². The monoisotopic (exact) mass is 454 g/mol. The Kier molecular flexibility index (Phi) is 5.99. The molecule has 0 aliphatic rings. The van der Waals surface area contributed by atoms with Crippen LogP contribution in [0.5, 0.6) is 0 Å². The second-order valence-electron chi connectivity index (χ2n) is 8.96. The van der Waals surface area contributed by atoms with Crippen molar-refractivity contribution in [2.24, 2.45) is 0 Å². The molecule has 0 aromatic heterocycles. The van der Waals surface area contributed by atoms with Gasteiger partial charge in [-0.25, -0.2) is 0 Å². The van der Waals surface area contributed by atoms with Crippen molar-refractivity contribution in [3.05, 3.63) is 119 Å². The van der Waals surface area contributed by atoms with Gasteiger partial charge in [0.15, 0.2) is 0 Å². The molecule has 2 nitrogen and oxygen atoms in total. The van der Waals surface area contributed by atoms with Crippen LogP contribution >= 0.6 is 6.83 Å². The summed E-state index contributed by atoms with van der Waals surface area (Å²) < 4.78 is 6.82. The standard InChI is InChI=1S/C30H31O2P/c1-22-6-14-27(15-7-22)33(32-26(5)31,28-16-8-23(2)9-17-28,29-18-10-24(3)11-19-29)30-20-12-25(4)13-21-30/h6-21H,1-5H3. The fraction of sp³-hybridized carbons (Fsp3) is 0.167. The third-order valence-electron chi connectivity index (χ3n) is 6.42. The van der Waals surface area contributed by atoms with Gasteiger partial charge in [-0.1, -0.05) is 0 Å². The Balaban J connectivity index is 2.30. The molecule has 0 saturated carbocycles. The van der Waals surface area contributed by atoms with Crippen LogP contribution in [-0.2, 0) is 9.32 Å². The minimum absolute atomic E-state index is 0.296. The fourth-order valence-corrected chi connectivity index (χ4v) is 10.3. The van der Waals surface area contributed by atoms with Crippen LogP contribution in [0.25, 0.3) is 0 Å². The molecule has 0 atom stereocenters. The van der Waals surface area contributed by atoms with E-state index in [1.807, 2.05) is 0 Å². The second kappa shape index (κ2) is 8.61. The predicted molar refractivity (Wildman–Crippen MR) is 142 cm³/mol. The molecule has 0 spiro atoms. The van der Waals surface area contributed by atoms with Crippen molar-refractivity contribution < 1.29 is 9.32 Å². The molecule has 0 fully saturated rings. The van der Waals surface area contributed by atoms with Crippen molar-refractivity contribution in [2.45, 2.75) is 34.6 Å². The zero-order chi connectivity index (χ0) is 23.7. The third-order valence-corrected chi connectivity index (χ3v) is 12.2. The Labute approximate surface area is 197 Å². The number of aryl methyl sites for hydroxylation is 4. The molecule has 0 bridgehead atoms. The Morgan fingerprint density at radius 3 is 0.879 bits per heavy atom. The normalized spacial score (nSPS) is 12.6. The molecule has 0 radical (unpaired) electrons. The first-order chi connectivity index (χ1) is 15.8. The van der Waals surface area contributed by atoms with E-state index >= 15 is 0 Å². The molecule has 0 unspecified atom stereocenters. The van der Waals surface area contributed by atoms with E-state index in [0.717, 1.165) is 43.5 Å². The van der Waals surface area contributed by atoms with Crippen LogP contribution in [0, 0.1) is 27.7 Å². The molecule has 4 aromatic carbocycles. The Hall–Kier alpha value is -3.22. The van der Waals surface area contributed by atoms with E-state index in [1.54, 1.807) is 0 Å². The first-order valence-electron chi connectivity index (χ1n) is 11.3. The van der Waals surface area contributed by atoms with Crippen LogP contribution in [0.3, 0.4) is 0 Å². The summed E-state index contributed by atoms with van der Waals surface area (Å²) in [4.78, 5) is 13.0. The molecular formula is C30H31O2P. The summed E-state index contributed by atoms with van der Waals surface area (Å²) >= 11 is 0. The van der Waals surface area contributed by atoms with E-state index in [4.69, 9.17) is 4.52 Å². The van der Waals surface area contributed by atoms with Crippen molar-refractivity contribution in [1.29, 1.82) is 0 Å². The maximum atomic E-state index is 13.0. The van der Waals surface area contributed by atoms with Gasteiger partial charge in [-0.15, -0.1) is 0 Å². The average molecular weight is 455 g/mol. The SMILES string of the molecule is CC(=O)OP(c1ccc(C)cc1)(c1ccc(C)cc1)(c1ccc(C)cc1)c1ccc(C)cc1. The molecule has 0 N–H and O–H groups in total. The van der Waals surface area contributed by atoms with Crippen LogP contribution in [0.1, 0.15) is 29.2 Å². The zero-order valence-electron chi connectivity index (χ0n) is 20.0. The third kappa shape index (κ3) is 3.69. The summed E-state index contributed by atoms with van der Waals surface area (Å²) in [5.74, 6) is -0.296. The molecule has 3 heteroatoms. The number of carbonyl (C=O) groups excluding carboxylic acids is 1. The summed E-state index contributed by atoms with van der Waals surface area (Å²) in [5, 5.41) is 4.05. The first kappa shape index (κ1) is 23.0. The molecule has 4 aromatic rings. The average Bonchev–Trinajstić information content (AvgIpc) is 2.79. The number of benzene rings is 4. The summed E-state index contributed by atoms with van der Waals surface area (Å²) in [5.41, 5.74) is 4.65. The van der Waals surface area contributed by atoms with Gasteiger partial charge < -0.3 is 0 Å². The minimum atomic E-state index is -3.88. The van der Waals surface area contributed by atoms with Gasteiger partial charge in [0.1, 0.15) is 0 Å². The van der Waals surface area contributed by atoms with Gasteiger partial charge in [0.25, 0.3) is 0 Å². The summed E-state index contributed by atoms with van der Waals surface area (Å²) in [6.07, 6.45) is 0. The van der Waals surface area contributed by atoms with Crippen molar-refractivity contribution in [3.8, 4) is 0 Å². The van der Waals surface area contributed by atoms with Gasteiger partial charge in [-0.05, 0) is 0 Å². The number of hydrogen-bond donors (Lipinski definition) is 0. The summed E-state index contributed by atoms with van der Waals surface area (Å²) in [7, 11) is 0. The molecule has 0 heterocycles. The van der Waals surface area contributed by atoms with Gasteiger partial charge in [-0.3, -0.25) is 0 Å². The Morgan fingerprint density at radius 1 is 0.485 bits per heavy atom. The molecular weight excluding hydrogens is 423 g/mol. The molecule has 33 heavy (non-hydrogen) atoms. The van der Waals surface area contributed by atoms with Gasteiger partial charge in [-0.2, -0.15) is 0 Å². The second-order valence-corrected chi connectivity index (χ2v) is 13.3. The van der Waals surface area contributed by atoms with Crippen LogP contribution in [0.2, 0.25) is 0 Å². The van der Waals surface area contributed by atoms with E-state index in [2.05, 4.69) is 125 Å². The van der Waals surface area contributed by atoms with Crippen molar-refractivity contribution in [2.75, 3.05) is 0 Å². The molecule has 0 aliphatic heterocycles. The molecule has 4 rings (SSSR count). The van der Waals surface area contributed by atoms with Gasteiger partial charge in [0, 0.05) is 0 Å². The van der Waals surface area contributed by atoms with Gasteiger partial charge in [0.2, 0.25) is 0 Å². The maximum absolute atomic E-state index is 13.0. The predicted octanol–water partition coefficient (Wildman–Crippen LogP) is 5.55. The van der Waals surface area contributed by atoms with E-state index in [9.17, 15) is 4.79 Å². The number of rotatable bonds is 5. The van der Waals surface area contributed by atoms with E-state index < -0.39 is 6.83 Å². The molecule has 0 aliphatic carbocycles. The Bertz CT molecular complexity index is 1080. The molecule has 0 saturated heterocycles. The molecule has 0 amide bonds. The van der Waals surface area contributed by atoms with Crippen molar-refractivity contribution in [3.63, 3.8) is 0 Å². The molecule has 168 valence electrons. The topological polar surface area (TPSA) is 26.3 Å². The summed E-state index contributed by atoms with van der Waals surface area (Å²) in [6.45, 7) is 5.95.